The molecule has 6 heteroatoms. The van der Waals surface area contributed by atoms with Gasteiger partial charge >= 0.3 is 0 Å². The molecule has 1 aromatic heterocycles. The molecule has 2 aliphatic rings. The zero-order valence-corrected chi connectivity index (χ0v) is 16.8. The molecule has 2 aliphatic heterocycles. The maximum atomic E-state index is 12.8. The minimum absolute atomic E-state index is 0.0422. The molecule has 2 amide bonds. The van der Waals surface area contributed by atoms with Crippen LogP contribution in [0.4, 0.5) is 5.82 Å². The Kier molecular flexibility index (Phi) is 6.08. The van der Waals surface area contributed by atoms with Gasteiger partial charge in [0.15, 0.2) is 0 Å². The maximum absolute atomic E-state index is 12.8. The predicted octanol–water partition coefficient (Wildman–Crippen LogP) is 3.56. The smallest absolute Gasteiger partial charge is 0.257 e. The summed E-state index contributed by atoms with van der Waals surface area (Å²) in [7, 11) is 0. The molecule has 2 aromatic rings. The van der Waals surface area contributed by atoms with E-state index in [0.717, 1.165) is 63.0 Å². The highest BCUT2D eigenvalue weighted by atomic mass is 16.2. The zero-order valence-electron chi connectivity index (χ0n) is 16.8. The van der Waals surface area contributed by atoms with Crippen LogP contribution in [-0.2, 0) is 6.54 Å². The number of amides is 2. The summed E-state index contributed by atoms with van der Waals surface area (Å²) in [4.78, 5) is 33.6. The molecule has 1 aromatic carbocycles. The van der Waals surface area contributed by atoms with E-state index in [1.165, 1.54) is 6.42 Å². The first-order valence-corrected chi connectivity index (χ1v) is 10.6. The predicted molar refractivity (Wildman–Crippen MR) is 113 cm³/mol. The molecule has 6 nitrogen and oxygen atoms in total. The molecule has 3 heterocycles. The molecule has 0 saturated carbocycles. The minimum atomic E-state index is 0.0422. The summed E-state index contributed by atoms with van der Waals surface area (Å²) in [6.07, 6.45) is 7.23. The second kappa shape index (κ2) is 9.07. The van der Waals surface area contributed by atoms with Crippen LogP contribution in [0.5, 0.6) is 0 Å². The summed E-state index contributed by atoms with van der Waals surface area (Å²) in [6, 6.07) is 11.3. The van der Waals surface area contributed by atoms with Crippen LogP contribution in [-0.4, -0.2) is 52.8 Å². The van der Waals surface area contributed by atoms with Crippen molar-refractivity contribution in [1.29, 1.82) is 0 Å². The lowest BCUT2D eigenvalue weighted by atomic mass is 10.1. The van der Waals surface area contributed by atoms with Crippen molar-refractivity contribution in [2.45, 2.75) is 38.6 Å². The van der Waals surface area contributed by atoms with Gasteiger partial charge in [-0.1, -0.05) is 12.1 Å². The molecule has 4 rings (SSSR count). The van der Waals surface area contributed by atoms with Crippen molar-refractivity contribution in [3.05, 3.63) is 59.3 Å². The molecule has 0 bridgehead atoms. The highest BCUT2D eigenvalue weighted by Crippen LogP contribution is 2.19. The third-order valence-corrected chi connectivity index (χ3v) is 5.74. The van der Waals surface area contributed by atoms with Crippen molar-refractivity contribution in [2.24, 2.45) is 0 Å². The van der Waals surface area contributed by atoms with Crippen molar-refractivity contribution >= 4 is 17.6 Å². The fourth-order valence-electron chi connectivity index (χ4n) is 4.04. The monoisotopic (exact) mass is 392 g/mol. The highest BCUT2D eigenvalue weighted by molar-refractivity contribution is 5.98. The minimum Gasteiger partial charge on any atom is -0.365 e. The zero-order chi connectivity index (χ0) is 20.1. The van der Waals surface area contributed by atoms with Crippen LogP contribution in [0.2, 0.25) is 0 Å². The molecule has 1 N–H and O–H groups in total. The lowest BCUT2D eigenvalue weighted by molar-refractivity contribution is 0.0723. The summed E-state index contributed by atoms with van der Waals surface area (Å²) in [5, 5.41) is 3.29. The fraction of sp³-hybridized carbons (Fsp3) is 0.435. The molecule has 2 fully saturated rings. The largest absolute Gasteiger partial charge is 0.365 e. The van der Waals surface area contributed by atoms with E-state index < -0.39 is 0 Å². The molecule has 0 unspecified atom stereocenters. The Bertz CT molecular complexity index is 853. The number of aromatic nitrogens is 1. The highest BCUT2D eigenvalue weighted by Gasteiger charge is 2.22. The number of rotatable bonds is 5. The van der Waals surface area contributed by atoms with Gasteiger partial charge in [0.25, 0.3) is 11.8 Å². The molecule has 0 radical (unpaired) electrons. The van der Waals surface area contributed by atoms with Gasteiger partial charge in [-0.15, -0.1) is 0 Å². The van der Waals surface area contributed by atoms with Crippen LogP contribution < -0.4 is 5.32 Å². The number of carbonyl (C=O) groups is 2. The van der Waals surface area contributed by atoms with Crippen molar-refractivity contribution in [3.8, 4) is 0 Å². The standard InChI is InChI=1S/C23H28N4O2/c28-22(26-13-2-1-3-14-26)19-10-8-18(9-11-19)17-25-21-20(7-6-12-24-21)23(29)27-15-4-5-16-27/h6-12H,1-5,13-17H2,(H,24,25). The molecule has 0 atom stereocenters. The Labute approximate surface area is 171 Å². The summed E-state index contributed by atoms with van der Waals surface area (Å²) in [5.41, 5.74) is 2.40. The average molecular weight is 393 g/mol. The Morgan fingerprint density at radius 1 is 0.828 bits per heavy atom. The van der Waals surface area contributed by atoms with E-state index in [2.05, 4.69) is 10.3 Å². The van der Waals surface area contributed by atoms with E-state index >= 15 is 0 Å². The number of carbonyl (C=O) groups excluding carboxylic acids is 2. The van der Waals surface area contributed by atoms with E-state index in [4.69, 9.17) is 0 Å². The number of benzene rings is 1. The van der Waals surface area contributed by atoms with Gasteiger partial charge in [-0.2, -0.15) is 0 Å². The number of anilines is 1. The lowest BCUT2D eigenvalue weighted by Gasteiger charge is -2.26. The van der Waals surface area contributed by atoms with Gasteiger partial charge in [0.05, 0.1) is 5.56 Å². The van der Waals surface area contributed by atoms with Crippen LogP contribution in [0.15, 0.2) is 42.6 Å². The topological polar surface area (TPSA) is 65.5 Å². The molecular weight excluding hydrogens is 364 g/mol. The van der Waals surface area contributed by atoms with Crippen LogP contribution in [0.3, 0.4) is 0 Å². The lowest BCUT2D eigenvalue weighted by Crippen LogP contribution is -2.35. The number of pyridine rings is 1. The number of nitrogens with one attached hydrogen (secondary N) is 1. The second-order valence-corrected chi connectivity index (χ2v) is 7.80. The Morgan fingerprint density at radius 3 is 2.14 bits per heavy atom. The first-order chi connectivity index (χ1) is 14.2. The van der Waals surface area contributed by atoms with Crippen molar-refractivity contribution in [1.82, 2.24) is 14.8 Å². The molecule has 152 valence electrons. The third kappa shape index (κ3) is 4.58. The average Bonchev–Trinajstić information content (AvgIpc) is 3.33. The SMILES string of the molecule is O=C(c1ccc(CNc2ncccc2C(=O)N2CCCC2)cc1)N1CCCCC1. The van der Waals surface area contributed by atoms with Crippen LogP contribution in [0.25, 0.3) is 0 Å². The van der Waals surface area contributed by atoms with E-state index in [9.17, 15) is 9.59 Å². The van der Waals surface area contributed by atoms with Crippen LogP contribution in [0.1, 0.15) is 58.4 Å². The first-order valence-electron chi connectivity index (χ1n) is 10.6. The Morgan fingerprint density at radius 2 is 1.45 bits per heavy atom. The normalized spacial score (nSPS) is 16.7. The summed E-state index contributed by atoms with van der Waals surface area (Å²) >= 11 is 0. The fourth-order valence-corrected chi connectivity index (χ4v) is 4.04. The van der Waals surface area contributed by atoms with E-state index in [-0.39, 0.29) is 11.8 Å². The van der Waals surface area contributed by atoms with Crippen molar-refractivity contribution in [3.63, 3.8) is 0 Å². The summed E-state index contributed by atoms with van der Waals surface area (Å²) in [6.45, 7) is 3.90. The van der Waals surface area contributed by atoms with Gasteiger partial charge in [0.1, 0.15) is 5.82 Å². The van der Waals surface area contributed by atoms with Gasteiger partial charge in [0, 0.05) is 44.5 Å². The molecule has 2 saturated heterocycles. The van der Waals surface area contributed by atoms with E-state index in [1.54, 1.807) is 12.3 Å². The first kappa shape index (κ1) is 19.4. The number of piperidine rings is 1. The van der Waals surface area contributed by atoms with Gasteiger partial charge in [0.2, 0.25) is 0 Å². The summed E-state index contributed by atoms with van der Waals surface area (Å²) < 4.78 is 0. The van der Waals surface area contributed by atoms with Crippen LogP contribution >= 0.6 is 0 Å². The summed E-state index contributed by atoms with van der Waals surface area (Å²) in [5.74, 6) is 0.769. The second-order valence-electron chi connectivity index (χ2n) is 7.80. The number of hydrogen-bond acceptors (Lipinski definition) is 4. The van der Waals surface area contributed by atoms with Crippen molar-refractivity contribution in [2.75, 3.05) is 31.5 Å². The Hall–Kier alpha value is -2.89. The Balaban J connectivity index is 1.39. The van der Waals surface area contributed by atoms with Crippen molar-refractivity contribution < 1.29 is 9.59 Å². The molecule has 0 spiro atoms. The van der Waals surface area contributed by atoms with E-state index in [0.29, 0.717) is 17.9 Å². The number of nitrogens with zero attached hydrogens (tertiary/aromatic N) is 3. The number of hydrogen-bond donors (Lipinski definition) is 1. The third-order valence-electron chi connectivity index (χ3n) is 5.74. The maximum Gasteiger partial charge on any atom is 0.257 e. The van der Waals surface area contributed by atoms with Crippen LogP contribution in [0, 0.1) is 0 Å². The van der Waals surface area contributed by atoms with Gasteiger partial charge in [-0.3, -0.25) is 9.59 Å². The molecular formula is C23H28N4O2. The van der Waals surface area contributed by atoms with Gasteiger partial charge in [-0.25, -0.2) is 4.98 Å². The molecule has 0 aliphatic carbocycles. The van der Waals surface area contributed by atoms with E-state index in [1.807, 2.05) is 40.1 Å². The van der Waals surface area contributed by atoms with Gasteiger partial charge in [-0.05, 0) is 61.9 Å². The molecule has 29 heavy (non-hydrogen) atoms. The van der Waals surface area contributed by atoms with Gasteiger partial charge < -0.3 is 15.1 Å². The quantitative estimate of drug-likeness (QED) is 0.845. The number of likely N-dealkylation sites (tertiary alicyclic amines) is 2.